The first-order valence-corrected chi connectivity index (χ1v) is 10.1. The predicted octanol–water partition coefficient (Wildman–Crippen LogP) is 3.01. The summed E-state index contributed by atoms with van der Waals surface area (Å²) >= 11 is 1.44. The van der Waals surface area contributed by atoms with E-state index in [1.165, 1.54) is 11.8 Å². The molecular weight excluding hydrogens is 364 g/mol. The summed E-state index contributed by atoms with van der Waals surface area (Å²) in [5.41, 5.74) is 2.07. The van der Waals surface area contributed by atoms with Crippen LogP contribution in [0.5, 0.6) is 0 Å². The first-order chi connectivity index (χ1) is 13.3. The Morgan fingerprint density at radius 3 is 2.96 bits per heavy atom. The first kappa shape index (κ1) is 16.8. The number of fused-ring (bicyclic) bond motifs is 1. The van der Waals surface area contributed by atoms with Gasteiger partial charge in [-0.2, -0.15) is 0 Å². The molecule has 2 atom stereocenters. The zero-order valence-corrected chi connectivity index (χ0v) is 15.6. The summed E-state index contributed by atoms with van der Waals surface area (Å²) in [5.74, 6) is 0.636. The molecule has 2 aliphatic rings. The Morgan fingerprint density at radius 2 is 2.15 bits per heavy atom. The Balaban J connectivity index is 1.54. The summed E-state index contributed by atoms with van der Waals surface area (Å²) in [7, 11) is 0. The standard InChI is InChI=1S/C19H20N4O3S/c24-18-16(7-9-26-18)27-19-22-21-17(23(19)11-12-4-3-8-25-12)14-10-20-15-6-2-1-5-13(14)15/h1-2,5-6,10,12,16,20H,3-4,7-9,11H2/t12-,16-/m1/s1. The number of carbonyl (C=O) groups is 1. The molecule has 2 saturated heterocycles. The van der Waals surface area contributed by atoms with Crippen LogP contribution in [-0.2, 0) is 20.8 Å². The van der Waals surface area contributed by atoms with Crippen molar-refractivity contribution in [2.75, 3.05) is 13.2 Å². The largest absolute Gasteiger partial charge is 0.465 e. The number of benzene rings is 1. The van der Waals surface area contributed by atoms with E-state index in [1.54, 1.807) is 0 Å². The van der Waals surface area contributed by atoms with Gasteiger partial charge in [0.2, 0.25) is 0 Å². The third kappa shape index (κ3) is 3.12. The molecule has 0 unspecified atom stereocenters. The highest BCUT2D eigenvalue weighted by molar-refractivity contribution is 8.00. The number of rotatable bonds is 5. The molecule has 3 aromatic rings. The van der Waals surface area contributed by atoms with Crippen molar-refractivity contribution < 1.29 is 14.3 Å². The molecule has 0 saturated carbocycles. The summed E-state index contributed by atoms with van der Waals surface area (Å²) in [5, 5.41) is 10.5. The Morgan fingerprint density at radius 1 is 1.22 bits per heavy atom. The van der Waals surface area contributed by atoms with Crippen LogP contribution < -0.4 is 0 Å². The van der Waals surface area contributed by atoms with Gasteiger partial charge in [0.05, 0.1) is 19.3 Å². The van der Waals surface area contributed by atoms with Crippen molar-refractivity contribution in [3.63, 3.8) is 0 Å². The van der Waals surface area contributed by atoms with E-state index in [0.717, 1.165) is 46.9 Å². The van der Waals surface area contributed by atoms with Gasteiger partial charge < -0.3 is 14.5 Å². The van der Waals surface area contributed by atoms with Crippen molar-refractivity contribution in [1.82, 2.24) is 19.7 Å². The SMILES string of the molecule is O=C1OCC[C@H]1Sc1nnc(-c2c[nH]c3ccccc23)n1C[C@H]1CCCO1. The second-order valence-corrected chi connectivity index (χ2v) is 8.03. The number of aromatic nitrogens is 4. The van der Waals surface area contributed by atoms with E-state index in [2.05, 4.69) is 25.8 Å². The fourth-order valence-corrected chi connectivity index (χ4v) is 4.71. The van der Waals surface area contributed by atoms with Gasteiger partial charge in [-0.25, -0.2) is 0 Å². The Bertz CT molecular complexity index is 976. The molecule has 0 aliphatic carbocycles. The Labute approximate surface area is 160 Å². The topological polar surface area (TPSA) is 82.0 Å². The minimum atomic E-state index is -0.215. The van der Waals surface area contributed by atoms with Crippen LogP contribution in [0.4, 0.5) is 0 Å². The zero-order valence-electron chi connectivity index (χ0n) is 14.8. The van der Waals surface area contributed by atoms with Gasteiger partial charge in [0.25, 0.3) is 0 Å². The van der Waals surface area contributed by atoms with Crippen LogP contribution in [0.15, 0.2) is 35.6 Å². The molecule has 1 N–H and O–H groups in total. The number of para-hydroxylation sites is 1. The summed E-state index contributed by atoms with van der Waals surface area (Å²) < 4.78 is 13.0. The smallest absolute Gasteiger partial charge is 0.319 e. The van der Waals surface area contributed by atoms with E-state index in [4.69, 9.17) is 9.47 Å². The van der Waals surface area contributed by atoms with Crippen LogP contribution in [0.3, 0.4) is 0 Å². The highest BCUT2D eigenvalue weighted by Gasteiger charge is 2.31. The van der Waals surface area contributed by atoms with Crippen LogP contribution in [0, 0.1) is 0 Å². The number of H-pyrrole nitrogens is 1. The third-order valence-corrected chi connectivity index (χ3v) is 6.32. The number of carbonyl (C=O) groups excluding carboxylic acids is 1. The van der Waals surface area contributed by atoms with Gasteiger partial charge in [0.15, 0.2) is 11.0 Å². The molecule has 0 spiro atoms. The number of ether oxygens (including phenoxy) is 2. The molecule has 7 nitrogen and oxygen atoms in total. The molecule has 5 rings (SSSR count). The number of hydrogen-bond acceptors (Lipinski definition) is 6. The highest BCUT2D eigenvalue weighted by Crippen LogP contribution is 2.34. The summed E-state index contributed by atoms with van der Waals surface area (Å²) in [4.78, 5) is 15.2. The van der Waals surface area contributed by atoms with Gasteiger partial charge in [-0.1, -0.05) is 30.0 Å². The fraction of sp³-hybridized carbons (Fsp3) is 0.421. The number of nitrogens with zero attached hydrogens (tertiary/aromatic N) is 3. The van der Waals surface area contributed by atoms with Crippen LogP contribution in [0.1, 0.15) is 19.3 Å². The van der Waals surface area contributed by atoms with Crippen molar-refractivity contribution in [3.05, 3.63) is 30.5 Å². The molecule has 2 aliphatic heterocycles. The lowest BCUT2D eigenvalue weighted by molar-refractivity contribution is -0.137. The van der Waals surface area contributed by atoms with E-state index in [1.807, 2.05) is 24.4 Å². The molecule has 8 heteroatoms. The number of cyclic esters (lactones) is 1. The molecule has 0 bridgehead atoms. The lowest BCUT2D eigenvalue weighted by Crippen LogP contribution is -2.18. The van der Waals surface area contributed by atoms with Crippen molar-refractivity contribution in [3.8, 4) is 11.4 Å². The second kappa shape index (κ2) is 7.01. The van der Waals surface area contributed by atoms with Gasteiger partial charge in [0.1, 0.15) is 5.25 Å². The number of hydrogen-bond donors (Lipinski definition) is 1. The zero-order chi connectivity index (χ0) is 18.2. The molecule has 0 amide bonds. The number of thioether (sulfide) groups is 1. The van der Waals surface area contributed by atoms with Crippen LogP contribution in [0.25, 0.3) is 22.3 Å². The summed E-state index contributed by atoms with van der Waals surface area (Å²) in [6.07, 6.45) is 4.94. The van der Waals surface area contributed by atoms with Crippen molar-refractivity contribution in [2.45, 2.75) is 42.3 Å². The van der Waals surface area contributed by atoms with Crippen LogP contribution >= 0.6 is 11.8 Å². The lowest BCUT2D eigenvalue weighted by Gasteiger charge is -2.15. The fourth-order valence-electron chi connectivity index (χ4n) is 3.70. The maximum absolute atomic E-state index is 11.9. The highest BCUT2D eigenvalue weighted by atomic mass is 32.2. The van der Waals surface area contributed by atoms with Gasteiger partial charge in [-0.05, 0) is 18.9 Å². The number of esters is 1. The minimum absolute atomic E-state index is 0.153. The Hall–Kier alpha value is -2.32. The van der Waals surface area contributed by atoms with Gasteiger partial charge in [0, 0.05) is 35.7 Å². The molecular formula is C19H20N4O3S. The molecule has 1 aromatic carbocycles. The molecule has 27 heavy (non-hydrogen) atoms. The molecule has 2 aromatic heterocycles. The van der Waals surface area contributed by atoms with Gasteiger partial charge in [-0.3, -0.25) is 9.36 Å². The maximum Gasteiger partial charge on any atom is 0.319 e. The average molecular weight is 384 g/mol. The van der Waals surface area contributed by atoms with E-state index in [9.17, 15) is 4.79 Å². The molecule has 4 heterocycles. The Kier molecular flexibility index (Phi) is 4.37. The molecule has 140 valence electrons. The predicted molar refractivity (Wildman–Crippen MR) is 102 cm³/mol. The minimum Gasteiger partial charge on any atom is -0.465 e. The molecule has 0 radical (unpaired) electrons. The lowest BCUT2D eigenvalue weighted by atomic mass is 10.1. The normalized spacial score (nSPS) is 22.6. The number of nitrogens with one attached hydrogen (secondary N) is 1. The van der Waals surface area contributed by atoms with Crippen molar-refractivity contribution >= 4 is 28.6 Å². The second-order valence-electron chi connectivity index (χ2n) is 6.86. The number of aromatic amines is 1. The van der Waals surface area contributed by atoms with Crippen LogP contribution in [0.2, 0.25) is 0 Å². The quantitative estimate of drug-likeness (QED) is 0.681. The monoisotopic (exact) mass is 384 g/mol. The van der Waals surface area contributed by atoms with Crippen molar-refractivity contribution in [2.24, 2.45) is 0 Å². The summed E-state index contributed by atoms with van der Waals surface area (Å²) in [6, 6.07) is 8.15. The van der Waals surface area contributed by atoms with Crippen molar-refractivity contribution in [1.29, 1.82) is 0 Å². The molecule has 2 fully saturated rings. The van der Waals surface area contributed by atoms with E-state index in [0.29, 0.717) is 19.6 Å². The van der Waals surface area contributed by atoms with Crippen LogP contribution in [-0.4, -0.2) is 50.3 Å². The first-order valence-electron chi connectivity index (χ1n) is 9.24. The van der Waals surface area contributed by atoms with E-state index >= 15 is 0 Å². The summed E-state index contributed by atoms with van der Waals surface area (Å²) in [6.45, 7) is 1.96. The van der Waals surface area contributed by atoms with E-state index in [-0.39, 0.29) is 17.3 Å². The van der Waals surface area contributed by atoms with E-state index < -0.39 is 0 Å². The maximum atomic E-state index is 11.9. The van der Waals surface area contributed by atoms with Gasteiger partial charge >= 0.3 is 5.97 Å². The third-order valence-electron chi connectivity index (χ3n) is 5.09. The van der Waals surface area contributed by atoms with Gasteiger partial charge in [-0.15, -0.1) is 10.2 Å². The average Bonchev–Trinajstić information content (AvgIpc) is 3.46.